The van der Waals surface area contributed by atoms with Crippen molar-refractivity contribution < 1.29 is 32.8 Å². The van der Waals surface area contributed by atoms with Gasteiger partial charge in [-0.05, 0) is 93.8 Å². The van der Waals surface area contributed by atoms with Crippen LogP contribution in [0.2, 0.25) is 25.1 Å². The Hall–Kier alpha value is -5.21. The average molecular weight is 996 g/mol. The third-order valence-corrected chi connectivity index (χ3v) is 10.2. The van der Waals surface area contributed by atoms with Crippen molar-refractivity contribution in [2.45, 2.75) is 66.2 Å². The zero-order chi connectivity index (χ0) is 48.6. The Morgan fingerprint density at radius 2 is 1.15 bits per heavy atom. The first-order chi connectivity index (χ1) is 30.9. The van der Waals surface area contributed by atoms with Gasteiger partial charge in [-0.15, -0.1) is 0 Å². The highest BCUT2D eigenvalue weighted by Gasteiger charge is 2.12. The predicted octanol–water partition coefficient (Wildman–Crippen LogP) is 13.5. The monoisotopic (exact) mass is 993 g/mol. The highest BCUT2D eigenvalue weighted by molar-refractivity contribution is 6.37. The average Bonchev–Trinajstić information content (AvgIpc) is 3.82. The SMILES string of the molecule is CC(C)Oc1ccc(N)cc1Cl.CC(N)c1ccco1.CCCCOc1cc(OC)c(Cl)cc1N.COc1c(N)cc(Cl)c(C)c1Cl.COc1cc(OCc2ccccc2)c(N)cc1Cl. The molecule has 1 heterocycles. The van der Waals surface area contributed by atoms with E-state index in [4.69, 9.17) is 120 Å². The number of ether oxygens (including phenoxy) is 6. The highest BCUT2D eigenvalue weighted by atomic mass is 35.5. The highest BCUT2D eigenvalue weighted by Crippen LogP contribution is 2.38. The lowest BCUT2D eigenvalue weighted by molar-refractivity contribution is 0.242. The largest absolute Gasteiger partial charge is 0.495 e. The van der Waals surface area contributed by atoms with Crippen LogP contribution >= 0.6 is 58.0 Å². The number of furan rings is 1. The van der Waals surface area contributed by atoms with Gasteiger partial charge < -0.3 is 61.5 Å². The summed E-state index contributed by atoms with van der Waals surface area (Å²) in [5.74, 6) is 4.33. The van der Waals surface area contributed by atoms with Gasteiger partial charge in [0, 0.05) is 22.8 Å². The van der Waals surface area contributed by atoms with Gasteiger partial charge in [-0.2, -0.15) is 0 Å². The Morgan fingerprint density at radius 3 is 1.62 bits per heavy atom. The van der Waals surface area contributed by atoms with Gasteiger partial charge in [0.05, 0.1) is 83.5 Å². The van der Waals surface area contributed by atoms with E-state index in [9.17, 15) is 0 Å². The molecule has 0 aliphatic rings. The van der Waals surface area contributed by atoms with E-state index in [1.807, 2.05) is 70.2 Å². The molecule has 5 aromatic carbocycles. The minimum absolute atomic E-state index is 0.0185. The van der Waals surface area contributed by atoms with E-state index < -0.39 is 0 Å². The smallest absolute Gasteiger partial charge is 0.160 e. The van der Waals surface area contributed by atoms with Crippen molar-refractivity contribution >= 4 is 80.8 Å². The van der Waals surface area contributed by atoms with Crippen LogP contribution in [0.3, 0.4) is 0 Å². The summed E-state index contributed by atoms with van der Waals surface area (Å²) in [5, 5.41) is 2.56. The molecular weight excluding hydrogens is 936 g/mol. The number of rotatable bonds is 13. The molecule has 0 spiro atoms. The summed E-state index contributed by atoms with van der Waals surface area (Å²) in [6.45, 7) is 10.8. The summed E-state index contributed by atoms with van der Waals surface area (Å²) in [5.41, 5.74) is 32.2. The van der Waals surface area contributed by atoms with E-state index in [1.54, 1.807) is 69.0 Å². The number of hydrogen-bond donors (Lipinski definition) is 5. The van der Waals surface area contributed by atoms with Gasteiger partial charge in [0.1, 0.15) is 41.1 Å². The summed E-state index contributed by atoms with van der Waals surface area (Å²) >= 11 is 29.5. The van der Waals surface area contributed by atoms with Crippen LogP contribution in [0.4, 0.5) is 22.7 Å². The molecule has 6 rings (SSSR count). The van der Waals surface area contributed by atoms with E-state index in [1.165, 1.54) is 7.11 Å². The molecule has 0 aliphatic carbocycles. The van der Waals surface area contributed by atoms with E-state index in [0.717, 1.165) is 29.7 Å². The van der Waals surface area contributed by atoms with E-state index in [2.05, 4.69) is 6.92 Å². The molecule has 0 amide bonds. The van der Waals surface area contributed by atoms with Crippen molar-refractivity contribution in [3.8, 4) is 34.5 Å². The van der Waals surface area contributed by atoms with Gasteiger partial charge in [0.15, 0.2) is 5.75 Å². The number of hydrogen-bond acceptors (Lipinski definition) is 12. The first kappa shape index (κ1) is 55.9. The molecule has 0 saturated carbocycles. The molecule has 0 radical (unpaired) electrons. The fourth-order valence-electron chi connectivity index (χ4n) is 5.06. The number of nitrogen functional groups attached to an aromatic ring is 4. The van der Waals surface area contributed by atoms with Crippen LogP contribution in [0.5, 0.6) is 34.5 Å². The topological polar surface area (TPSA) is 199 Å². The Morgan fingerprint density at radius 1 is 0.600 bits per heavy atom. The molecule has 65 heavy (non-hydrogen) atoms. The fourth-order valence-corrected chi connectivity index (χ4v) is 6.34. The minimum Gasteiger partial charge on any atom is -0.495 e. The van der Waals surface area contributed by atoms with Crippen molar-refractivity contribution in [2.75, 3.05) is 50.9 Å². The van der Waals surface area contributed by atoms with E-state index in [0.29, 0.717) is 95.6 Å². The van der Waals surface area contributed by atoms with Crippen LogP contribution in [0.25, 0.3) is 0 Å². The molecule has 0 saturated heterocycles. The normalized spacial score (nSPS) is 10.6. The summed E-state index contributed by atoms with van der Waals surface area (Å²) < 4.78 is 36.8. The van der Waals surface area contributed by atoms with Crippen LogP contribution in [-0.2, 0) is 6.61 Å². The molecule has 1 aromatic heterocycles. The van der Waals surface area contributed by atoms with Gasteiger partial charge in [-0.3, -0.25) is 0 Å². The van der Waals surface area contributed by atoms with E-state index in [-0.39, 0.29) is 12.1 Å². The summed E-state index contributed by atoms with van der Waals surface area (Å²) in [6.07, 6.45) is 3.85. The standard InChI is InChI=1S/C14H14ClNO2.C11H16ClNO2.C9H12ClNO.C8H9Cl2NO.C6H9NO/c1-17-13-8-14(12(16)7-11(13)15)18-9-10-5-3-2-4-6-10;1-3-4-5-15-11-7-10(14-2)8(12)6-9(11)13;1-6(2)12-9-4-3-7(11)5-8(9)10;1-4-5(9)3-6(11)8(12-2)7(4)10;1-5(7)6-3-2-4-8-6/h2-8H,9,16H2,1H3;6-7H,3-5,13H2,1-2H3;3-6H,11H2,1-2H3;3H,11H2,1-2H3;2-5H,7H2,1H3. The van der Waals surface area contributed by atoms with Crippen LogP contribution in [-0.4, -0.2) is 34.0 Å². The Kier molecular flexibility index (Phi) is 25.3. The first-order valence-corrected chi connectivity index (χ1v) is 22.1. The Labute approximate surface area is 408 Å². The second-order valence-electron chi connectivity index (χ2n) is 14.1. The molecular formula is C48H60Cl5N5O7. The summed E-state index contributed by atoms with van der Waals surface area (Å²) in [6, 6.07) is 27.1. The molecule has 1 atom stereocenters. The Balaban J connectivity index is 0.000000285. The third-order valence-electron chi connectivity index (χ3n) is 8.51. The molecule has 12 nitrogen and oxygen atoms in total. The lowest BCUT2D eigenvalue weighted by atomic mass is 10.2. The molecule has 6 aromatic rings. The van der Waals surface area contributed by atoms with Gasteiger partial charge in [-0.25, -0.2) is 0 Å². The predicted molar refractivity (Wildman–Crippen MR) is 271 cm³/mol. The molecule has 0 aliphatic heterocycles. The minimum atomic E-state index is 0.0185. The number of benzene rings is 5. The lowest BCUT2D eigenvalue weighted by Gasteiger charge is -2.11. The van der Waals surface area contributed by atoms with Crippen LogP contribution in [0, 0.1) is 6.92 Å². The number of unbranched alkanes of at least 4 members (excludes halogenated alkanes) is 1. The molecule has 0 bridgehead atoms. The summed E-state index contributed by atoms with van der Waals surface area (Å²) in [4.78, 5) is 0. The Bertz CT molecular complexity index is 2320. The second kappa shape index (κ2) is 29.4. The number of nitrogens with two attached hydrogens (primary N) is 5. The van der Waals surface area contributed by atoms with Gasteiger partial charge in [-0.1, -0.05) is 102 Å². The van der Waals surface area contributed by atoms with E-state index >= 15 is 0 Å². The first-order valence-electron chi connectivity index (χ1n) is 20.2. The fraction of sp³-hybridized carbons (Fsp3) is 0.292. The van der Waals surface area contributed by atoms with Crippen molar-refractivity contribution in [1.29, 1.82) is 0 Å². The lowest BCUT2D eigenvalue weighted by Crippen LogP contribution is -2.05. The second-order valence-corrected chi connectivity index (χ2v) is 16.1. The maximum atomic E-state index is 5.96. The zero-order valence-electron chi connectivity index (χ0n) is 37.9. The third kappa shape index (κ3) is 19.4. The van der Waals surface area contributed by atoms with Crippen molar-refractivity contribution in [1.82, 2.24) is 0 Å². The van der Waals surface area contributed by atoms with Gasteiger partial charge >= 0.3 is 0 Å². The van der Waals surface area contributed by atoms with Crippen molar-refractivity contribution in [3.05, 3.63) is 139 Å². The number of halogens is 5. The molecule has 17 heteroatoms. The molecule has 0 fully saturated rings. The summed E-state index contributed by atoms with van der Waals surface area (Å²) in [7, 11) is 4.64. The maximum absolute atomic E-state index is 5.96. The van der Waals surface area contributed by atoms with Gasteiger partial charge in [0.25, 0.3) is 0 Å². The zero-order valence-corrected chi connectivity index (χ0v) is 41.6. The van der Waals surface area contributed by atoms with Crippen LogP contribution < -0.4 is 57.1 Å². The molecule has 354 valence electrons. The van der Waals surface area contributed by atoms with Gasteiger partial charge in [0.2, 0.25) is 0 Å². The molecule has 1 unspecified atom stereocenters. The number of methoxy groups -OCH3 is 3. The van der Waals surface area contributed by atoms with Crippen molar-refractivity contribution in [3.63, 3.8) is 0 Å². The quantitative estimate of drug-likeness (QED) is 0.0543. The molecule has 10 N–H and O–H groups in total. The van der Waals surface area contributed by atoms with Crippen LogP contribution in [0.1, 0.15) is 63.5 Å². The maximum Gasteiger partial charge on any atom is 0.160 e. The van der Waals surface area contributed by atoms with Crippen molar-refractivity contribution in [2.24, 2.45) is 5.73 Å². The number of anilines is 4. The van der Waals surface area contributed by atoms with Crippen LogP contribution in [0.15, 0.2) is 102 Å².